The largest absolute Gasteiger partial charge is 0.322 e. The zero-order valence-electron chi connectivity index (χ0n) is 12.2. The average Bonchev–Trinajstić information content (AvgIpc) is 3.10. The smallest absolute Gasteiger partial charge is 0.248 e. The van der Waals surface area contributed by atoms with Gasteiger partial charge in [-0.15, -0.1) is 5.10 Å². The quantitative estimate of drug-likeness (QED) is 0.722. The van der Waals surface area contributed by atoms with Gasteiger partial charge in [0, 0.05) is 21.8 Å². The van der Waals surface area contributed by atoms with Crippen molar-refractivity contribution in [3.05, 3.63) is 70.5 Å². The fourth-order valence-electron chi connectivity index (χ4n) is 2.00. The first kappa shape index (κ1) is 16.2. The minimum atomic E-state index is -0.292. The Balaban J connectivity index is 1.72. The highest BCUT2D eigenvalue weighted by atomic mass is 35.5. The second-order valence-electron chi connectivity index (χ2n) is 4.79. The number of nitrogens with one attached hydrogen (secondary N) is 1. The molecule has 2 aromatic carbocycles. The van der Waals surface area contributed by atoms with Crippen molar-refractivity contribution in [3.8, 4) is 5.69 Å². The maximum absolute atomic E-state index is 12.1. The Morgan fingerprint density at radius 3 is 2.83 bits per heavy atom. The van der Waals surface area contributed by atoms with Gasteiger partial charge in [-0.05, 0) is 58.5 Å². The van der Waals surface area contributed by atoms with Crippen LogP contribution >= 0.6 is 23.2 Å². The number of carbonyl (C=O) groups is 1. The molecule has 0 spiro atoms. The van der Waals surface area contributed by atoms with Gasteiger partial charge in [-0.25, -0.2) is 4.68 Å². The van der Waals surface area contributed by atoms with E-state index < -0.39 is 0 Å². The number of rotatable bonds is 4. The molecule has 0 saturated carbocycles. The summed E-state index contributed by atoms with van der Waals surface area (Å²) in [5.41, 5.74) is 2.02. The van der Waals surface area contributed by atoms with Crippen LogP contribution in [0.25, 0.3) is 11.8 Å². The van der Waals surface area contributed by atoms with Gasteiger partial charge in [0.05, 0.1) is 5.69 Å². The number of anilines is 1. The summed E-state index contributed by atoms with van der Waals surface area (Å²) < 4.78 is 1.50. The Labute approximate surface area is 147 Å². The summed E-state index contributed by atoms with van der Waals surface area (Å²) in [7, 11) is 0. The standard InChI is InChI=1S/C16H11Cl2N5O/c17-12-5-6-15(18)11(8-12)4-7-16(24)20-13-2-1-3-14(9-13)23-10-19-21-22-23/h1-10H,(H,20,24)/b7-4+. The van der Waals surface area contributed by atoms with Crippen LogP contribution in [-0.4, -0.2) is 26.1 Å². The molecule has 8 heteroatoms. The topological polar surface area (TPSA) is 72.7 Å². The second-order valence-corrected chi connectivity index (χ2v) is 5.64. The fraction of sp³-hybridized carbons (Fsp3) is 0. The van der Waals surface area contributed by atoms with Crippen LogP contribution in [0.4, 0.5) is 5.69 Å². The Hall–Kier alpha value is -2.70. The molecule has 6 nitrogen and oxygen atoms in total. The van der Waals surface area contributed by atoms with Crippen molar-refractivity contribution in [2.24, 2.45) is 0 Å². The molecule has 0 bridgehead atoms. The normalized spacial score (nSPS) is 10.9. The molecule has 1 heterocycles. The molecule has 0 atom stereocenters. The Kier molecular flexibility index (Phi) is 4.88. The van der Waals surface area contributed by atoms with E-state index in [1.807, 2.05) is 6.07 Å². The highest BCUT2D eigenvalue weighted by Crippen LogP contribution is 2.22. The first-order valence-corrected chi connectivity index (χ1v) is 7.65. The molecule has 1 aromatic heterocycles. The molecule has 3 aromatic rings. The third kappa shape index (κ3) is 3.98. The molecular formula is C16H11Cl2N5O. The molecule has 0 saturated heterocycles. The Morgan fingerprint density at radius 1 is 1.17 bits per heavy atom. The van der Waals surface area contributed by atoms with Gasteiger partial charge in [-0.1, -0.05) is 29.3 Å². The van der Waals surface area contributed by atoms with Crippen LogP contribution in [0, 0.1) is 0 Å². The van der Waals surface area contributed by atoms with Crippen LogP contribution in [0.2, 0.25) is 10.0 Å². The third-order valence-corrected chi connectivity index (χ3v) is 3.68. The van der Waals surface area contributed by atoms with Crippen molar-refractivity contribution in [2.75, 3.05) is 5.32 Å². The summed E-state index contributed by atoms with van der Waals surface area (Å²) in [6.07, 6.45) is 4.47. The van der Waals surface area contributed by atoms with Crippen molar-refractivity contribution in [1.29, 1.82) is 0 Å². The lowest BCUT2D eigenvalue weighted by molar-refractivity contribution is -0.111. The molecule has 24 heavy (non-hydrogen) atoms. The molecule has 1 amide bonds. The lowest BCUT2D eigenvalue weighted by Crippen LogP contribution is -2.08. The molecule has 3 rings (SSSR count). The van der Waals surface area contributed by atoms with E-state index in [9.17, 15) is 4.79 Å². The van der Waals surface area contributed by atoms with E-state index in [2.05, 4.69) is 20.8 Å². The molecule has 120 valence electrons. The van der Waals surface area contributed by atoms with Gasteiger partial charge in [0.1, 0.15) is 6.33 Å². The molecule has 0 unspecified atom stereocenters. The lowest BCUT2D eigenvalue weighted by Gasteiger charge is -2.05. The number of tetrazole rings is 1. The Bertz CT molecular complexity index is 893. The van der Waals surface area contributed by atoms with Gasteiger partial charge in [0.2, 0.25) is 5.91 Å². The van der Waals surface area contributed by atoms with E-state index in [-0.39, 0.29) is 5.91 Å². The summed E-state index contributed by atoms with van der Waals surface area (Å²) in [5.74, 6) is -0.292. The minimum absolute atomic E-state index is 0.292. The number of halogens is 2. The average molecular weight is 360 g/mol. The van der Waals surface area contributed by atoms with Gasteiger partial charge in [0.15, 0.2) is 0 Å². The maximum atomic E-state index is 12.1. The van der Waals surface area contributed by atoms with Crippen LogP contribution in [0.15, 0.2) is 54.9 Å². The predicted molar refractivity (Wildman–Crippen MR) is 93.3 cm³/mol. The number of hydrogen-bond acceptors (Lipinski definition) is 4. The summed E-state index contributed by atoms with van der Waals surface area (Å²) in [6.45, 7) is 0. The summed E-state index contributed by atoms with van der Waals surface area (Å²) >= 11 is 12.0. The molecule has 1 N–H and O–H groups in total. The highest BCUT2D eigenvalue weighted by Gasteiger charge is 2.03. The third-order valence-electron chi connectivity index (χ3n) is 3.10. The monoisotopic (exact) mass is 359 g/mol. The molecular weight excluding hydrogens is 349 g/mol. The van der Waals surface area contributed by atoms with E-state index in [0.29, 0.717) is 21.3 Å². The summed E-state index contributed by atoms with van der Waals surface area (Å²) in [5, 5.41) is 14.8. The molecule has 0 aliphatic rings. The van der Waals surface area contributed by atoms with E-state index in [1.165, 1.54) is 17.1 Å². The van der Waals surface area contributed by atoms with Gasteiger partial charge in [-0.3, -0.25) is 4.79 Å². The number of hydrogen-bond donors (Lipinski definition) is 1. The van der Waals surface area contributed by atoms with Gasteiger partial charge in [0.25, 0.3) is 0 Å². The number of benzene rings is 2. The first-order valence-electron chi connectivity index (χ1n) is 6.89. The second kappa shape index (κ2) is 7.25. The number of nitrogens with zero attached hydrogens (tertiary/aromatic N) is 4. The molecule has 0 aliphatic heterocycles. The highest BCUT2D eigenvalue weighted by molar-refractivity contribution is 6.34. The van der Waals surface area contributed by atoms with E-state index in [1.54, 1.807) is 42.5 Å². The van der Waals surface area contributed by atoms with Gasteiger partial charge in [-0.2, -0.15) is 0 Å². The SMILES string of the molecule is O=C(/C=C/c1cc(Cl)ccc1Cl)Nc1cccc(-n2cnnn2)c1. The molecule has 0 fully saturated rings. The number of amides is 1. The van der Waals surface area contributed by atoms with Crippen molar-refractivity contribution in [3.63, 3.8) is 0 Å². The van der Waals surface area contributed by atoms with Crippen molar-refractivity contribution >= 4 is 40.9 Å². The van der Waals surface area contributed by atoms with Gasteiger partial charge >= 0.3 is 0 Å². The molecule has 0 aliphatic carbocycles. The van der Waals surface area contributed by atoms with E-state index >= 15 is 0 Å². The van der Waals surface area contributed by atoms with Gasteiger partial charge < -0.3 is 5.32 Å². The zero-order chi connectivity index (χ0) is 16.9. The maximum Gasteiger partial charge on any atom is 0.248 e. The van der Waals surface area contributed by atoms with Crippen LogP contribution in [0.1, 0.15) is 5.56 Å². The summed E-state index contributed by atoms with van der Waals surface area (Å²) in [4.78, 5) is 12.1. The van der Waals surface area contributed by atoms with Crippen molar-refractivity contribution in [1.82, 2.24) is 20.2 Å². The van der Waals surface area contributed by atoms with Crippen LogP contribution < -0.4 is 5.32 Å². The fourth-order valence-corrected chi connectivity index (χ4v) is 2.36. The lowest BCUT2D eigenvalue weighted by atomic mass is 10.2. The van der Waals surface area contributed by atoms with Crippen LogP contribution in [0.3, 0.4) is 0 Å². The van der Waals surface area contributed by atoms with Crippen molar-refractivity contribution < 1.29 is 4.79 Å². The van der Waals surface area contributed by atoms with Crippen molar-refractivity contribution in [2.45, 2.75) is 0 Å². The van der Waals surface area contributed by atoms with Crippen LogP contribution in [0.5, 0.6) is 0 Å². The minimum Gasteiger partial charge on any atom is -0.322 e. The molecule has 0 radical (unpaired) electrons. The first-order chi connectivity index (χ1) is 11.6. The number of carbonyl (C=O) groups excluding carboxylic acids is 1. The van der Waals surface area contributed by atoms with E-state index in [0.717, 1.165) is 5.69 Å². The van der Waals surface area contributed by atoms with E-state index in [4.69, 9.17) is 23.2 Å². The Morgan fingerprint density at radius 2 is 2.04 bits per heavy atom. The number of aromatic nitrogens is 4. The zero-order valence-corrected chi connectivity index (χ0v) is 13.7. The summed E-state index contributed by atoms with van der Waals surface area (Å²) in [6, 6.07) is 12.2. The van der Waals surface area contributed by atoms with Crippen LogP contribution in [-0.2, 0) is 4.79 Å². The predicted octanol–water partition coefficient (Wildman–Crippen LogP) is 3.62.